The van der Waals surface area contributed by atoms with Crippen molar-refractivity contribution < 1.29 is 9.84 Å². The number of anilines is 1. The summed E-state index contributed by atoms with van der Waals surface area (Å²) in [4.78, 5) is 17.7. The highest BCUT2D eigenvalue weighted by atomic mass is 16.5. The Kier molecular flexibility index (Phi) is 7.05. The molecule has 0 spiro atoms. The van der Waals surface area contributed by atoms with Crippen LogP contribution < -0.4 is 10.1 Å². The van der Waals surface area contributed by atoms with Crippen molar-refractivity contribution >= 4 is 11.6 Å². The second-order valence-electron chi connectivity index (χ2n) is 8.73. The molecule has 37 heavy (non-hydrogen) atoms. The van der Waals surface area contributed by atoms with Crippen LogP contribution in [0.4, 0.5) is 11.6 Å². The van der Waals surface area contributed by atoms with E-state index in [1.54, 1.807) is 30.6 Å². The van der Waals surface area contributed by atoms with Crippen LogP contribution >= 0.6 is 0 Å². The normalized spacial score (nSPS) is 16.6. The summed E-state index contributed by atoms with van der Waals surface area (Å²) < 4.78 is 5.88. The van der Waals surface area contributed by atoms with Gasteiger partial charge in [-0.1, -0.05) is 30.3 Å². The number of nitrogens with zero attached hydrogens (tertiary/aromatic N) is 6. The van der Waals surface area contributed by atoms with E-state index < -0.39 is 0 Å². The van der Waals surface area contributed by atoms with Gasteiger partial charge in [0.1, 0.15) is 6.10 Å². The maximum absolute atomic E-state index is 9.68. The van der Waals surface area contributed by atoms with Crippen molar-refractivity contribution in [2.45, 2.75) is 38.0 Å². The largest absolute Gasteiger partial charge is 0.487 e. The molecule has 184 valence electrons. The van der Waals surface area contributed by atoms with Crippen LogP contribution in [0.2, 0.25) is 0 Å². The van der Waals surface area contributed by atoms with Crippen molar-refractivity contribution in [3.63, 3.8) is 0 Å². The van der Waals surface area contributed by atoms with Crippen LogP contribution in [0.1, 0.15) is 30.4 Å². The van der Waals surface area contributed by atoms with Crippen LogP contribution in [0.15, 0.2) is 72.2 Å². The Hall–Kier alpha value is -4.75. The highest BCUT2D eigenvalue weighted by Gasteiger charge is 2.24. The molecule has 1 saturated carbocycles. The maximum Gasteiger partial charge on any atom is 0.216 e. The van der Waals surface area contributed by atoms with Gasteiger partial charge in [-0.05, 0) is 36.6 Å². The topological polar surface area (TPSA) is 153 Å². The number of nitrogens with one attached hydrogen (secondary N) is 2. The van der Waals surface area contributed by atoms with E-state index in [1.165, 1.54) is 6.20 Å². The molecular weight excluding hydrogens is 468 g/mol. The lowest BCUT2D eigenvalue weighted by molar-refractivity contribution is 0.149. The molecule has 5 rings (SSSR count). The van der Waals surface area contributed by atoms with Crippen LogP contribution in [0.25, 0.3) is 22.6 Å². The van der Waals surface area contributed by atoms with Crippen molar-refractivity contribution in [3.8, 4) is 34.5 Å². The minimum atomic E-state index is -0.296. The average Bonchev–Trinajstić information content (AvgIpc) is 3.36. The number of rotatable bonds is 8. The van der Waals surface area contributed by atoms with Crippen molar-refractivity contribution in [1.82, 2.24) is 19.9 Å². The lowest BCUT2D eigenvalue weighted by Crippen LogP contribution is -2.13. The number of nitriles is 1. The Labute approximate surface area is 213 Å². The molecular formula is C27H24N8O2. The smallest absolute Gasteiger partial charge is 0.216 e. The Morgan fingerprint density at radius 1 is 1.05 bits per heavy atom. The first-order valence-electron chi connectivity index (χ1n) is 11.9. The van der Waals surface area contributed by atoms with Crippen molar-refractivity contribution in [1.29, 1.82) is 10.8 Å². The molecule has 10 heteroatoms. The van der Waals surface area contributed by atoms with Gasteiger partial charge < -0.3 is 15.2 Å². The monoisotopic (exact) mass is 492 g/mol. The van der Waals surface area contributed by atoms with Gasteiger partial charge in [0, 0.05) is 24.1 Å². The zero-order chi connectivity index (χ0) is 25.6. The average molecular weight is 493 g/mol. The molecule has 4 aromatic rings. The van der Waals surface area contributed by atoms with Crippen molar-refractivity contribution in [2.24, 2.45) is 5.11 Å². The second kappa shape index (κ2) is 10.9. The molecule has 1 aliphatic rings. The number of aliphatic hydroxyl groups excluding tert-OH is 1. The number of ether oxygens (including phenoxy) is 1. The summed E-state index contributed by atoms with van der Waals surface area (Å²) in [6.45, 7) is 0.415. The third kappa shape index (κ3) is 5.74. The lowest BCUT2D eigenvalue weighted by atomic mass is 10.1. The highest BCUT2D eigenvalue weighted by Crippen LogP contribution is 2.27. The van der Waals surface area contributed by atoms with E-state index in [0.29, 0.717) is 41.6 Å². The van der Waals surface area contributed by atoms with Crippen LogP contribution in [-0.4, -0.2) is 37.3 Å². The Bertz CT molecular complexity index is 1450. The molecule has 0 amide bonds. The number of hydrogen-bond acceptors (Lipinski definition) is 10. The maximum atomic E-state index is 9.68. The highest BCUT2D eigenvalue weighted by molar-refractivity contribution is 5.66. The zero-order valence-corrected chi connectivity index (χ0v) is 19.9. The summed E-state index contributed by atoms with van der Waals surface area (Å²) in [6, 6.07) is 17.0. The molecule has 2 heterocycles. The number of aromatic nitrogens is 4. The summed E-state index contributed by atoms with van der Waals surface area (Å²) >= 11 is 0. The summed E-state index contributed by atoms with van der Waals surface area (Å²) in [5.74, 6) is 1.70. The molecule has 0 saturated heterocycles. The molecule has 2 unspecified atom stereocenters. The first-order chi connectivity index (χ1) is 18.1. The number of benzene rings is 2. The summed E-state index contributed by atoms with van der Waals surface area (Å²) in [5, 5.41) is 25.6. The summed E-state index contributed by atoms with van der Waals surface area (Å²) in [5.41, 5.74) is 11.1. The lowest BCUT2D eigenvalue weighted by Gasteiger charge is -2.13. The van der Waals surface area contributed by atoms with Crippen LogP contribution in [0.5, 0.6) is 5.75 Å². The van der Waals surface area contributed by atoms with E-state index in [0.717, 1.165) is 29.5 Å². The van der Waals surface area contributed by atoms with Gasteiger partial charge in [0.15, 0.2) is 17.4 Å². The molecule has 0 radical (unpaired) electrons. The molecule has 1 aliphatic carbocycles. The Balaban J connectivity index is 1.29. The van der Waals surface area contributed by atoms with Gasteiger partial charge in [0.25, 0.3) is 0 Å². The molecule has 0 bridgehead atoms. The predicted octanol–water partition coefficient (Wildman–Crippen LogP) is 5.04. The predicted molar refractivity (Wildman–Crippen MR) is 136 cm³/mol. The van der Waals surface area contributed by atoms with Crippen LogP contribution in [0, 0.1) is 16.9 Å². The quantitative estimate of drug-likeness (QED) is 0.289. The van der Waals surface area contributed by atoms with Crippen LogP contribution in [0.3, 0.4) is 0 Å². The third-order valence-electron chi connectivity index (χ3n) is 6.08. The minimum absolute atomic E-state index is 0.00362. The first kappa shape index (κ1) is 24.0. The molecule has 3 N–H and O–H groups in total. The zero-order valence-electron chi connectivity index (χ0n) is 19.9. The van der Waals surface area contributed by atoms with Crippen molar-refractivity contribution in [3.05, 3.63) is 78.2 Å². The van der Waals surface area contributed by atoms with Crippen molar-refractivity contribution in [2.75, 3.05) is 5.32 Å². The van der Waals surface area contributed by atoms with Gasteiger partial charge in [0.05, 0.1) is 42.0 Å². The molecule has 2 aromatic carbocycles. The first-order valence-corrected chi connectivity index (χ1v) is 11.9. The van der Waals surface area contributed by atoms with Gasteiger partial charge in [-0.15, -0.1) is 5.11 Å². The Morgan fingerprint density at radius 2 is 1.86 bits per heavy atom. The fraction of sp³-hybridized carbons (Fsp3) is 0.222. The van der Waals surface area contributed by atoms with Gasteiger partial charge in [-0.3, -0.25) is 0 Å². The fourth-order valence-electron chi connectivity index (χ4n) is 4.22. The van der Waals surface area contributed by atoms with E-state index in [2.05, 4.69) is 36.4 Å². The van der Waals surface area contributed by atoms with E-state index in [9.17, 15) is 10.4 Å². The Morgan fingerprint density at radius 3 is 2.62 bits per heavy atom. The van der Waals surface area contributed by atoms with Gasteiger partial charge in [-0.2, -0.15) is 5.26 Å². The third-order valence-corrected chi connectivity index (χ3v) is 6.08. The molecule has 2 aromatic heterocycles. The molecule has 10 nitrogen and oxygen atoms in total. The van der Waals surface area contributed by atoms with E-state index in [4.69, 9.17) is 10.3 Å². The molecule has 2 atom stereocenters. The molecule has 0 aliphatic heterocycles. The molecule has 1 fully saturated rings. The van der Waals surface area contributed by atoms with Gasteiger partial charge in [-0.25, -0.2) is 25.5 Å². The van der Waals surface area contributed by atoms with Gasteiger partial charge in [0.2, 0.25) is 5.82 Å². The minimum Gasteiger partial charge on any atom is -0.487 e. The number of aliphatic hydroxyl groups is 1. The standard InChI is InChI=1S/C27H24N8O2/c28-12-17-3-1-5-19(9-17)24-16-33-27(35-29)26(34-24)30-13-18-4-2-6-20(10-18)25-31-14-23(15-32-25)37-22-8-7-21(36)11-22/h1-6,9-10,14-16,21-22,29,36H,7-8,11,13H2,(H,30,34). The van der Waals surface area contributed by atoms with Crippen LogP contribution in [-0.2, 0) is 6.54 Å². The van der Waals surface area contributed by atoms with E-state index >= 15 is 0 Å². The SMILES string of the molecule is N#Cc1cccc(-c2cnc(N=N)c(NCc3cccc(-c4ncc(OC5CCC(O)C5)cn4)c3)n2)c1. The summed E-state index contributed by atoms with van der Waals surface area (Å²) in [7, 11) is 0. The van der Waals surface area contributed by atoms with E-state index in [-0.39, 0.29) is 18.0 Å². The van der Waals surface area contributed by atoms with Gasteiger partial charge >= 0.3 is 0 Å². The number of hydrogen-bond donors (Lipinski definition) is 3. The second-order valence-corrected chi connectivity index (χ2v) is 8.73. The fourth-order valence-corrected chi connectivity index (χ4v) is 4.22. The van der Waals surface area contributed by atoms with E-state index in [1.807, 2.05) is 30.3 Å². The summed E-state index contributed by atoms with van der Waals surface area (Å²) in [6.07, 6.45) is 6.76.